The minimum Gasteiger partial charge on any atom is -0.462 e. The Morgan fingerprint density at radius 1 is 0.275 bits per heavy atom. The summed E-state index contributed by atoms with van der Waals surface area (Å²) in [5.41, 5.74) is 0. The molecule has 0 amide bonds. The van der Waals surface area contributed by atoms with Crippen LogP contribution in [0.1, 0.15) is 357 Å². The van der Waals surface area contributed by atoms with Crippen LogP contribution in [0.2, 0.25) is 0 Å². The van der Waals surface area contributed by atoms with E-state index in [-0.39, 0.29) is 25.7 Å². The van der Waals surface area contributed by atoms with E-state index in [9.17, 15) is 43.2 Å². The van der Waals surface area contributed by atoms with Crippen molar-refractivity contribution in [2.75, 3.05) is 39.6 Å². The molecule has 540 valence electrons. The van der Waals surface area contributed by atoms with Gasteiger partial charge in [0, 0.05) is 25.7 Å². The molecule has 3 N–H and O–H groups in total. The number of ether oxygens (including phenoxy) is 4. The zero-order chi connectivity index (χ0) is 67.5. The maximum absolute atomic E-state index is 13.0. The van der Waals surface area contributed by atoms with Gasteiger partial charge in [-0.3, -0.25) is 37.3 Å². The van der Waals surface area contributed by atoms with E-state index >= 15 is 0 Å². The standard InChI is InChI=1S/C72H140O17P2/c1-62(2)48-40-32-24-18-13-11-9-10-12-14-21-28-38-46-54-71(76)89-68(59-83-70(75)53-45-37-31-30-35-43-51-65(7)8)61-87-91(80,81)85-57-66(73)56-84-90(78,79)86-60-67(58-82-69(74)52-44-36-27-23-17-20-26-34-42-50-64(5)6)88-72(77)55-47-39-29-22-16-15-19-25-33-41-49-63(3)4/h62-68,73H,9-61H2,1-8H3,(H,78,79)(H,80,81)/t66-,67-,68-/m1/s1. The van der Waals surface area contributed by atoms with E-state index in [4.69, 9.17) is 37.0 Å². The van der Waals surface area contributed by atoms with Crippen molar-refractivity contribution in [3.05, 3.63) is 0 Å². The zero-order valence-corrected chi connectivity index (χ0v) is 61.3. The van der Waals surface area contributed by atoms with Crippen LogP contribution in [0.5, 0.6) is 0 Å². The van der Waals surface area contributed by atoms with E-state index in [0.29, 0.717) is 31.6 Å². The van der Waals surface area contributed by atoms with Crippen LogP contribution in [0.15, 0.2) is 0 Å². The Labute approximate surface area is 556 Å². The van der Waals surface area contributed by atoms with Crippen molar-refractivity contribution in [3.63, 3.8) is 0 Å². The van der Waals surface area contributed by atoms with Gasteiger partial charge in [-0.15, -0.1) is 0 Å². The minimum atomic E-state index is -4.95. The smallest absolute Gasteiger partial charge is 0.462 e. The summed E-state index contributed by atoms with van der Waals surface area (Å²) in [6.07, 6.45) is 44.6. The van der Waals surface area contributed by atoms with E-state index in [1.165, 1.54) is 154 Å². The predicted molar refractivity (Wildman–Crippen MR) is 367 cm³/mol. The van der Waals surface area contributed by atoms with E-state index in [1.807, 2.05) is 0 Å². The molecule has 17 nitrogen and oxygen atoms in total. The van der Waals surface area contributed by atoms with E-state index < -0.39 is 97.5 Å². The second kappa shape index (κ2) is 61.6. The number of esters is 4. The Kier molecular flexibility index (Phi) is 60.3. The van der Waals surface area contributed by atoms with Gasteiger partial charge < -0.3 is 33.8 Å². The van der Waals surface area contributed by atoms with Crippen LogP contribution in [0.3, 0.4) is 0 Å². The lowest BCUT2D eigenvalue weighted by Crippen LogP contribution is -2.30. The summed E-state index contributed by atoms with van der Waals surface area (Å²) in [6.45, 7) is 14.1. The average Bonchev–Trinajstić information content (AvgIpc) is 3.67. The van der Waals surface area contributed by atoms with Crippen molar-refractivity contribution >= 4 is 39.5 Å². The van der Waals surface area contributed by atoms with E-state index in [2.05, 4.69) is 55.4 Å². The molecule has 19 heteroatoms. The number of phosphoric acid groups is 2. The second-order valence-electron chi connectivity index (χ2n) is 27.9. The summed E-state index contributed by atoms with van der Waals surface area (Å²) in [4.78, 5) is 72.6. The van der Waals surface area contributed by atoms with Crippen molar-refractivity contribution < 1.29 is 80.2 Å². The minimum absolute atomic E-state index is 0.105. The van der Waals surface area contributed by atoms with Crippen LogP contribution in [0, 0.1) is 23.7 Å². The summed E-state index contributed by atoms with van der Waals surface area (Å²) < 4.78 is 68.3. The van der Waals surface area contributed by atoms with Crippen LogP contribution in [0.25, 0.3) is 0 Å². The van der Waals surface area contributed by atoms with Gasteiger partial charge in [0.05, 0.1) is 26.4 Å². The van der Waals surface area contributed by atoms with Gasteiger partial charge in [-0.1, -0.05) is 306 Å². The number of rotatable bonds is 69. The monoisotopic (exact) mass is 1340 g/mol. The third-order valence-electron chi connectivity index (χ3n) is 16.6. The molecule has 0 saturated carbocycles. The number of hydrogen-bond donors (Lipinski definition) is 3. The Hall–Kier alpha value is -1.94. The Balaban J connectivity index is 5.23. The molecule has 0 rings (SSSR count). The number of unbranched alkanes of at least 4 members (excludes halogenated alkanes) is 35. The predicted octanol–water partition coefficient (Wildman–Crippen LogP) is 20.5. The molecule has 91 heavy (non-hydrogen) atoms. The van der Waals surface area contributed by atoms with Crippen LogP contribution in [-0.2, 0) is 65.4 Å². The van der Waals surface area contributed by atoms with E-state index in [0.717, 1.165) is 114 Å². The van der Waals surface area contributed by atoms with Crippen molar-refractivity contribution in [1.82, 2.24) is 0 Å². The number of aliphatic hydroxyl groups is 1. The third kappa shape index (κ3) is 66.5. The second-order valence-corrected chi connectivity index (χ2v) is 30.8. The molecule has 0 fully saturated rings. The number of aliphatic hydroxyl groups excluding tert-OH is 1. The highest BCUT2D eigenvalue weighted by Gasteiger charge is 2.30. The molecule has 0 saturated heterocycles. The molecule has 0 aliphatic rings. The van der Waals surface area contributed by atoms with Crippen molar-refractivity contribution in [2.24, 2.45) is 23.7 Å². The van der Waals surface area contributed by atoms with Gasteiger partial charge in [0.25, 0.3) is 0 Å². The van der Waals surface area contributed by atoms with Gasteiger partial charge in [-0.05, 0) is 49.4 Å². The first kappa shape index (κ1) is 89.1. The fourth-order valence-electron chi connectivity index (χ4n) is 10.8. The largest absolute Gasteiger partial charge is 0.472 e. The molecule has 2 unspecified atom stereocenters. The molecule has 0 aromatic rings. The fourth-order valence-corrected chi connectivity index (χ4v) is 12.4. The number of hydrogen-bond acceptors (Lipinski definition) is 15. The first-order chi connectivity index (χ1) is 43.6. The third-order valence-corrected chi connectivity index (χ3v) is 18.5. The van der Waals surface area contributed by atoms with Gasteiger partial charge in [-0.25, -0.2) is 9.13 Å². The highest BCUT2D eigenvalue weighted by Crippen LogP contribution is 2.45. The Morgan fingerprint density at radius 2 is 0.462 bits per heavy atom. The topological polar surface area (TPSA) is 237 Å². The molecule has 0 aromatic heterocycles. The summed E-state index contributed by atoms with van der Waals surface area (Å²) in [5.74, 6) is 0.842. The average molecular weight is 1340 g/mol. The van der Waals surface area contributed by atoms with Crippen molar-refractivity contribution in [2.45, 2.75) is 375 Å². The molecule has 5 atom stereocenters. The Morgan fingerprint density at radius 3 is 0.681 bits per heavy atom. The first-order valence-corrected chi connectivity index (χ1v) is 40.2. The van der Waals surface area contributed by atoms with Crippen molar-refractivity contribution in [3.8, 4) is 0 Å². The molecule has 0 spiro atoms. The van der Waals surface area contributed by atoms with Crippen molar-refractivity contribution in [1.29, 1.82) is 0 Å². The molecular weight excluding hydrogens is 1200 g/mol. The highest BCUT2D eigenvalue weighted by atomic mass is 31.2. The molecule has 0 aliphatic heterocycles. The maximum atomic E-state index is 13.0. The zero-order valence-electron chi connectivity index (χ0n) is 59.5. The van der Waals surface area contributed by atoms with Gasteiger partial charge >= 0.3 is 39.5 Å². The highest BCUT2D eigenvalue weighted by molar-refractivity contribution is 7.47. The number of carbonyl (C=O) groups is 4. The quantitative estimate of drug-likeness (QED) is 0.0222. The summed E-state index contributed by atoms with van der Waals surface area (Å²) in [5, 5.41) is 10.6. The lowest BCUT2D eigenvalue weighted by Gasteiger charge is -2.21. The molecule has 0 radical (unpaired) electrons. The van der Waals surface area contributed by atoms with Gasteiger partial charge in [0.1, 0.15) is 19.3 Å². The first-order valence-electron chi connectivity index (χ1n) is 37.2. The molecular formula is C72H140O17P2. The number of carbonyl (C=O) groups excluding carboxylic acids is 4. The van der Waals surface area contributed by atoms with Crippen LogP contribution in [0.4, 0.5) is 0 Å². The SMILES string of the molecule is CC(C)CCCCCCCCCCCCCCCCC(=O)O[C@H](COC(=O)CCCCCCCCC(C)C)COP(=O)(O)OC[C@H](O)COP(=O)(O)OC[C@@H](COC(=O)CCCCCCCCCCCC(C)C)OC(=O)CCCCCCCCCCCCC(C)C. The summed E-state index contributed by atoms with van der Waals surface area (Å²) in [7, 11) is -9.91. The van der Waals surface area contributed by atoms with E-state index in [1.54, 1.807) is 0 Å². The fraction of sp³-hybridized carbons (Fsp3) is 0.944. The lowest BCUT2D eigenvalue weighted by atomic mass is 10.0. The summed E-state index contributed by atoms with van der Waals surface area (Å²) in [6, 6.07) is 0. The van der Waals surface area contributed by atoms with Crippen LogP contribution >= 0.6 is 15.6 Å². The van der Waals surface area contributed by atoms with Gasteiger partial charge in [0.15, 0.2) is 12.2 Å². The normalized spacial score (nSPS) is 14.2. The molecule has 0 bridgehead atoms. The number of phosphoric ester groups is 2. The molecule has 0 aromatic carbocycles. The molecule has 0 heterocycles. The van der Waals surface area contributed by atoms with Crippen LogP contribution < -0.4 is 0 Å². The lowest BCUT2D eigenvalue weighted by molar-refractivity contribution is -0.161. The molecule has 0 aliphatic carbocycles. The maximum Gasteiger partial charge on any atom is 0.472 e. The van der Waals surface area contributed by atoms with Gasteiger partial charge in [-0.2, -0.15) is 0 Å². The van der Waals surface area contributed by atoms with Gasteiger partial charge in [0.2, 0.25) is 0 Å². The van der Waals surface area contributed by atoms with Crippen LogP contribution in [-0.4, -0.2) is 96.7 Å². The summed E-state index contributed by atoms with van der Waals surface area (Å²) >= 11 is 0. The Bertz CT molecular complexity index is 1800.